The Kier molecular flexibility index (Phi) is 4.56. The first-order chi connectivity index (χ1) is 9.19. The summed E-state index contributed by atoms with van der Waals surface area (Å²) < 4.78 is 5.05. The molecule has 104 valence electrons. The molecule has 1 aromatic carbocycles. The van der Waals surface area contributed by atoms with Gasteiger partial charge in [-0.3, -0.25) is 4.79 Å². The Morgan fingerprint density at radius 1 is 1.32 bits per heavy atom. The van der Waals surface area contributed by atoms with E-state index in [0.29, 0.717) is 18.7 Å². The number of hydrogen-bond donors (Lipinski definition) is 2. The molecule has 1 saturated carbocycles. The number of carbonyl (C=O) groups excluding carboxylic acids is 1. The van der Waals surface area contributed by atoms with Crippen LogP contribution in [0.25, 0.3) is 0 Å². The van der Waals surface area contributed by atoms with Crippen LogP contribution in [0.3, 0.4) is 0 Å². The molecule has 0 unspecified atom stereocenters. The van der Waals surface area contributed by atoms with Crippen molar-refractivity contribution in [3.8, 4) is 0 Å². The monoisotopic (exact) mass is 262 g/mol. The molecule has 0 heterocycles. The van der Waals surface area contributed by atoms with E-state index in [1.165, 1.54) is 0 Å². The van der Waals surface area contributed by atoms with Crippen molar-refractivity contribution in [1.29, 1.82) is 0 Å². The second kappa shape index (κ2) is 6.17. The summed E-state index contributed by atoms with van der Waals surface area (Å²) in [6, 6.07) is 7.51. The van der Waals surface area contributed by atoms with Crippen molar-refractivity contribution in [3.63, 3.8) is 0 Å². The number of nitrogens with two attached hydrogens (primary N) is 1. The average Bonchev–Trinajstić information content (AvgIpc) is 2.89. The van der Waals surface area contributed by atoms with Crippen LogP contribution in [0, 0.1) is 0 Å². The van der Waals surface area contributed by atoms with Crippen LogP contribution in [-0.2, 0) is 11.3 Å². The molecule has 0 bridgehead atoms. The van der Waals surface area contributed by atoms with Crippen molar-refractivity contribution in [2.75, 3.05) is 13.7 Å². The van der Waals surface area contributed by atoms with Crippen molar-refractivity contribution in [3.05, 3.63) is 35.4 Å². The maximum absolute atomic E-state index is 12.2. The second-order valence-electron chi connectivity index (χ2n) is 5.28. The summed E-state index contributed by atoms with van der Waals surface area (Å²) in [4.78, 5) is 12.2. The molecule has 1 aromatic rings. The van der Waals surface area contributed by atoms with Gasteiger partial charge in [0.1, 0.15) is 0 Å². The van der Waals surface area contributed by atoms with Gasteiger partial charge in [0, 0.05) is 19.2 Å². The first kappa shape index (κ1) is 14.0. The van der Waals surface area contributed by atoms with E-state index in [9.17, 15) is 4.79 Å². The number of benzene rings is 1. The van der Waals surface area contributed by atoms with E-state index in [-0.39, 0.29) is 11.4 Å². The minimum absolute atomic E-state index is 0.0312. The highest BCUT2D eigenvalue weighted by molar-refractivity contribution is 5.94. The summed E-state index contributed by atoms with van der Waals surface area (Å²) in [6.07, 6.45) is 4.25. The van der Waals surface area contributed by atoms with Crippen LogP contribution in [0.2, 0.25) is 0 Å². The lowest BCUT2D eigenvalue weighted by atomic mass is 9.97. The van der Waals surface area contributed by atoms with Crippen LogP contribution >= 0.6 is 0 Å². The van der Waals surface area contributed by atoms with Crippen LogP contribution in [0.1, 0.15) is 41.6 Å². The molecule has 4 nitrogen and oxygen atoms in total. The third-order valence-corrected chi connectivity index (χ3v) is 3.86. The number of rotatable bonds is 5. The highest BCUT2D eigenvalue weighted by Gasteiger charge is 2.33. The third-order valence-electron chi connectivity index (χ3n) is 3.86. The molecule has 0 aromatic heterocycles. The van der Waals surface area contributed by atoms with Crippen molar-refractivity contribution in [2.45, 2.75) is 37.8 Å². The van der Waals surface area contributed by atoms with Gasteiger partial charge < -0.3 is 15.8 Å². The van der Waals surface area contributed by atoms with Gasteiger partial charge in [-0.1, -0.05) is 25.0 Å². The van der Waals surface area contributed by atoms with E-state index in [0.717, 1.165) is 31.2 Å². The largest absolute Gasteiger partial charge is 0.380 e. The number of methoxy groups -OCH3 is 1. The fourth-order valence-corrected chi connectivity index (χ4v) is 2.66. The van der Waals surface area contributed by atoms with E-state index in [2.05, 4.69) is 5.32 Å². The fourth-order valence-electron chi connectivity index (χ4n) is 2.66. The summed E-state index contributed by atoms with van der Waals surface area (Å²) in [7, 11) is 1.66. The molecular formula is C15H22N2O2. The minimum Gasteiger partial charge on any atom is -0.380 e. The van der Waals surface area contributed by atoms with Gasteiger partial charge in [-0.05, 0) is 30.5 Å². The lowest BCUT2D eigenvalue weighted by Gasteiger charge is -2.28. The Morgan fingerprint density at radius 2 is 1.95 bits per heavy atom. The van der Waals surface area contributed by atoms with Gasteiger partial charge in [0.15, 0.2) is 0 Å². The van der Waals surface area contributed by atoms with Gasteiger partial charge in [0.25, 0.3) is 5.91 Å². The molecule has 1 aliphatic carbocycles. The summed E-state index contributed by atoms with van der Waals surface area (Å²) in [6.45, 7) is 1.08. The molecule has 1 fully saturated rings. The van der Waals surface area contributed by atoms with Crippen molar-refractivity contribution >= 4 is 5.91 Å². The van der Waals surface area contributed by atoms with Gasteiger partial charge in [0.2, 0.25) is 0 Å². The van der Waals surface area contributed by atoms with Crippen molar-refractivity contribution in [1.82, 2.24) is 5.32 Å². The summed E-state index contributed by atoms with van der Waals surface area (Å²) in [5.41, 5.74) is 7.38. The Morgan fingerprint density at radius 3 is 2.47 bits per heavy atom. The van der Waals surface area contributed by atoms with Gasteiger partial charge in [-0.2, -0.15) is 0 Å². The van der Waals surface area contributed by atoms with Crippen LogP contribution in [0.5, 0.6) is 0 Å². The molecule has 0 saturated heterocycles. The van der Waals surface area contributed by atoms with E-state index in [1.54, 1.807) is 7.11 Å². The van der Waals surface area contributed by atoms with Crippen LogP contribution in [0.4, 0.5) is 0 Å². The van der Waals surface area contributed by atoms with Crippen molar-refractivity contribution < 1.29 is 9.53 Å². The zero-order valence-corrected chi connectivity index (χ0v) is 11.4. The first-order valence-corrected chi connectivity index (χ1v) is 6.79. The Balaban J connectivity index is 2.03. The van der Waals surface area contributed by atoms with Crippen LogP contribution in [-0.4, -0.2) is 25.1 Å². The summed E-state index contributed by atoms with van der Waals surface area (Å²) >= 11 is 0. The quantitative estimate of drug-likeness (QED) is 0.851. The molecule has 0 atom stereocenters. The molecule has 1 aliphatic rings. The SMILES string of the molecule is COCc1ccc(C(=O)NC2(CN)CCCC2)cc1. The van der Waals surface area contributed by atoms with E-state index < -0.39 is 0 Å². The van der Waals surface area contributed by atoms with E-state index in [4.69, 9.17) is 10.5 Å². The standard InChI is InChI=1S/C15H22N2O2/c1-19-10-12-4-6-13(7-5-12)14(18)17-15(11-16)8-2-3-9-15/h4-7H,2-3,8-11,16H2,1H3,(H,17,18). The number of ether oxygens (including phenoxy) is 1. The normalized spacial score (nSPS) is 17.4. The van der Waals surface area contributed by atoms with Gasteiger partial charge in [0.05, 0.1) is 12.1 Å². The molecule has 0 aliphatic heterocycles. The smallest absolute Gasteiger partial charge is 0.251 e. The number of hydrogen-bond acceptors (Lipinski definition) is 3. The predicted octanol–water partition coefficient (Wildman–Crippen LogP) is 1.83. The maximum Gasteiger partial charge on any atom is 0.251 e. The average molecular weight is 262 g/mol. The fraction of sp³-hybridized carbons (Fsp3) is 0.533. The third kappa shape index (κ3) is 3.33. The summed E-state index contributed by atoms with van der Waals surface area (Å²) in [5, 5.41) is 3.11. The first-order valence-electron chi connectivity index (χ1n) is 6.79. The lowest BCUT2D eigenvalue weighted by molar-refractivity contribution is 0.0903. The highest BCUT2D eigenvalue weighted by atomic mass is 16.5. The Labute approximate surface area is 114 Å². The van der Waals surface area contributed by atoms with Crippen molar-refractivity contribution in [2.24, 2.45) is 5.73 Å². The van der Waals surface area contributed by atoms with Gasteiger partial charge in [-0.15, -0.1) is 0 Å². The molecule has 0 spiro atoms. The molecule has 2 rings (SSSR count). The van der Waals surface area contributed by atoms with Gasteiger partial charge in [-0.25, -0.2) is 0 Å². The Bertz CT molecular complexity index is 422. The zero-order valence-electron chi connectivity index (χ0n) is 11.4. The molecular weight excluding hydrogens is 240 g/mol. The number of amides is 1. The van der Waals surface area contributed by atoms with E-state index >= 15 is 0 Å². The second-order valence-corrected chi connectivity index (χ2v) is 5.28. The molecule has 3 N–H and O–H groups in total. The predicted molar refractivity (Wildman–Crippen MR) is 74.9 cm³/mol. The zero-order chi connectivity index (χ0) is 13.7. The number of carbonyl (C=O) groups is 1. The minimum atomic E-state index is -0.192. The van der Waals surface area contributed by atoms with Gasteiger partial charge >= 0.3 is 0 Å². The lowest BCUT2D eigenvalue weighted by Crippen LogP contribution is -2.51. The summed E-state index contributed by atoms with van der Waals surface area (Å²) in [5.74, 6) is -0.0312. The topological polar surface area (TPSA) is 64.3 Å². The molecule has 4 heteroatoms. The highest BCUT2D eigenvalue weighted by Crippen LogP contribution is 2.28. The van der Waals surface area contributed by atoms with E-state index in [1.807, 2.05) is 24.3 Å². The Hall–Kier alpha value is -1.39. The molecule has 1 amide bonds. The number of nitrogens with one attached hydrogen (secondary N) is 1. The van der Waals surface area contributed by atoms with Crippen LogP contribution in [0.15, 0.2) is 24.3 Å². The molecule has 0 radical (unpaired) electrons. The maximum atomic E-state index is 12.2. The van der Waals surface area contributed by atoms with Crippen LogP contribution < -0.4 is 11.1 Å². The molecule has 19 heavy (non-hydrogen) atoms.